The van der Waals surface area contributed by atoms with Crippen LogP contribution in [0.3, 0.4) is 0 Å². The molecule has 2 rings (SSSR count). The van der Waals surface area contributed by atoms with Gasteiger partial charge in [-0.3, -0.25) is 0 Å². The van der Waals surface area contributed by atoms with Crippen LogP contribution in [0.25, 0.3) is 0 Å². The van der Waals surface area contributed by atoms with Crippen LogP contribution in [0, 0.1) is 5.92 Å². The highest BCUT2D eigenvalue weighted by Gasteiger charge is 2.32. The third-order valence-corrected chi connectivity index (χ3v) is 3.25. The molecule has 1 aromatic heterocycles. The van der Waals surface area contributed by atoms with E-state index < -0.39 is 17.8 Å². The van der Waals surface area contributed by atoms with Gasteiger partial charge in [-0.2, -0.15) is 13.2 Å². The lowest BCUT2D eigenvalue weighted by Crippen LogP contribution is -2.27. The van der Waals surface area contributed by atoms with Crippen LogP contribution in [0.15, 0.2) is 30.5 Å². The standard InChI is InChI=1S/C16H19F3N4O2/c1-11(2)7-20-15(24)25-10-13-9-23(22-21-13)8-12-5-3-4-6-14(12)16(17,18)19/h3-6,9,11H,7-8,10H2,1-2H3,(H,20,24). The second-order valence-corrected chi connectivity index (χ2v) is 5.91. The minimum atomic E-state index is -4.43. The Bertz CT molecular complexity index is 713. The number of carbonyl (C=O) groups is 1. The van der Waals surface area contributed by atoms with Crippen LogP contribution in [0.2, 0.25) is 0 Å². The fraction of sp³-hybridized carbons (Fsp3) is 0.438. The summed E-state index contributed by atoms with van der Waals surface area (Å²) in [5.41, 5.74) is -0.275. The van der Waals surface area contributed by atoms with Crippen molar-refractivity contribution in [3.8, 4) is 0 Å². The summed E-state index contributed by atoms with van der Waals surface area (Å²) in [6, 6.07) is 5.28. The van der Waals surface area contributed by atoms with Crippen LogP contribution >= 0.6 is 0 Å². The Kier molecular flexibility index (Phi) is 6.00. The predicted octanol–water partition coefficient (Wildman–Crippen LogP) is 3.23. The topological polar surface area (TPSA) is 69.0 Å². The molecule has 9 heteroatoms. The largest absolute Gasteiger partial charge is 0.443 e. The molecule has 0 aliphatic rings. The molecule has 0 fully saturated rings. The van der Waals surface area contributed by atoms with Crippen LogP contribution in [0.5, 0.6) is 0 Å². The first kappa shape index (κ1) is 18.8. The number of aromatic nitrogens is 3. The van der Waals surface area contributed by atoms with Crippen LogP contribution in [-0.2, 0) is 24.1 Å². The van der Waals surface area contributed by atoms with Crippen molar-refractivity contribution in [2.75, 3.05) is 6.54 Å². The van der Waals surface area contributed by atoms with Gasteiger partial charge in [0.25, 0.3) is 0 Å². The first-order valence-electron chi connectivity index (χ1n) is 7.70. The quantitative estimate of drug-likeness (QED) is 0.863. The number of nitrogens with zero attached hydrogens (tertiary/aromatic N) is 3. The van der Waals surface area contributed by atoms with Crippen molar-refractivity contribution in [2.24, 2.45) is 5.92 Å². The van der Waals surface area contributed by atoms with Crippen LogP contribution < -0.4 is 5.32 Å². The average molecular weight is 356 g/mol. The number of halogens is 3. The molecule has 1 heterocycles. The molecule has 0 radical (unpaired) electrons. The summed E-state index contributed by atoms with van der Waals surface area (Å²) >= 11 is 0. The summed E-state index contributed by atoms with van der Waals surface area (Å²) < 4.78 is 45.2. The highest BCUT2D eigenvalue weighted by molar-refractivity contribution is 5.67. The third-order valence-electron chi connectivity index (χ3n) is 3.25. The Morgan fingerprint density at radius 2 is 2.04 bits per heavy atom. The number of amides is 1. The number of ether oxygens (including phenoxy) is 1. The van der Waals surface area contributed by atoms with E-state index in [1.165, 1.54) is 29.1 Å². The predicted molar refractivity (Wildman–Crippen MR) is 83.6 cm³/mol. The lowest BCUT2D eigenvalue weighted by molar-refractivity contribution is -0.138. The molecule has 0 atom stereocenters. The molecule has 0 saturated heterocycles. The molecule has 0 aliphatic carbocycles. The van der Waals surface area contributed by atoms with Gasteiger partial charge in [0.15, 0.2) is 0 Å². The zero-order valence-electron chi connectivity index (χ0n) is 13.9. The van der Waals surface area contributed by atoms with Crippen LogP contribution in [-0.4, -0.2) is 27.6 Å². The van der Waals surface area contributed by atoms with Gasteiger partial charge in [-0.25, -0.2) is 9.48 Å². The molecule has 0 bridgehead atoms. The lowest BCUT2D eigenvalue weighted by Gasteiger charge is -2.12. The van der Waals surface area contributed by atoms with Crippen LogP contribution in [0.4, 0.5) is 18.0 Å². The van der Waals surface area contributed by atoms with Gasteiger partial charge < -0.3 is 10.1 Å². The van der Waals surface area contributed by atoms with Crippen molar-refractivity contribution in [1.82, 2.24) is 20.3 Å². The molecule has 1 aromatic carbocycles. The zero-order valence-corrected chi connectivity index (χ0v) is 13.9. The summed E-state index contributed by atoms with van der Waals surface area (Å²) in [5, 5.41) is 10.2. The van der Waals surface area contributed by atoms with Gasteiger partial charge in [0.05, 0.1) is 18.3 Å². The highest BCUT2D eigenvalue weighted by Crippen LogP contribution is 2.32. The Morgan fingerprint density at radius 3 is 2.72 bits per heavy atom. The summed E-state index contributed by atoms with van der Waals surface area (Å²) in [6.07, 6.45) is -3.56. The zero-order chi connectivity index (χ0) is 18.4. The van der Waals surface area contributed by atoms with Gasteiger partial charge in [-0.1, -0.05) is 37.3 Å². The molecule has 6 nitrogen and oxygen atoms in total. The van der Waals surface area contributed by atoms with Gasteiger partial charge in [-0.05, 0) is 17.5 Å². The second-order valence-electron chi connectivity index (χ2n) is 5.91. The summed E-state index contributed by atoms with van der Waals surface area (Å²) in [6.45, 7) is 4.20. The maximum atomic E-state index is 13.0. The molecule has 2 aromatic rings. The number of rotatable bonds is 6. The number of alkyl carbamates (subject to hydrolysis) is 1. The Balaban J connectivity index is 1.95. The number of alkyl halides is 3. The van der Waals surface area contributed by atoms with Crippen LogP contribution in [0.1, 0.15) is 30.7 Å². The van der Waals surface area contributed by atoms with E-state index in [1.54, 1.807) is 0 Å². The van der Waals surface area contributed by atoms with Crippen molar-refractivity contribution in [2.45, 2.75) is 33.2 Å². The van der Waals surface area contributed by atoms with Crippen molar-refractivity contribution in [3.63, 3.8) is 0 Å². The number of nitrogens with one attached hydrogen (secondary N) is 1. The minimum Gasteiger partial charge on any atom is -0.443 e. The number of carbonyl (C=O) groups excluding carboxylic acids is 1. The number of hydrogen-bond donors (Lipinski definition) is 1. The van der Waals surface area contributed by atoms with E-state index in [0.717, 1.165) is 6.07 Å². The molecule has 0 aliphatic heterocycles. The van der Waals surface area contributed by atoms with Gasteiger partial charge >= 0.3 is 12.3 Å². The highest BCUT2D eigenvalue weighted by atomic mass is 19.4. The second kappa shape index (κ2) is 8.00. The van der Waals surface area contributed by atoms with E-state index in [9.17, 15) is 18.0 Å². The SMILES string of the molecule is CC(C)CNC(=O)OCc1cn(Cc2ccccc2C(F)(F)F)nn1. The molecule has 25 heavy (non-hydrogen) atoms. The van der Waals surface area contributed by atoms with E-state index in [0.29, 0.717) is 18.2 Å². The Hall–Kier alpha value is -2.58. The molecule has 0 spiro atoms. The first-order valence-corrected chi connectivity index (χ1v) is 7.70. The average Bonchev–Trinajstić information content (AvgIpc) is 2.98. The molecular weight excluding hydrogens is 337 g/mol. The summed E-state index contributed by atoms with van der Waals surface area (Å²) in [7, 11) is 0. The van der Waals surface area contributed by atoms with Gasteiger partial charge in [0.2, 0.25) is 0 Å². The number of hydrogen-bond acceptors (Lipinski definition) is 4. The minimum absolute atomic E-state index is 0.0811. The molecule has 1 amide bonds. The lowest BCUT2D eigenvalue weighted by atomic mass is 10.1. The Morgan fingerprint density at radius 1 is 1.32 bits per heavy atom. The maximum absolute atomic E-state index is 13.0. The van der Waals surface area contributed by atoms with E-state index in [4.69, 9.17) is 4.74 Å². The molecule has 0 unspecified atom stereocenters. The smallest absolute Gasteiger partial charge is 0.416 e. The van der Waals surface area contributed by atoms with Crippen molar-refractivity contribution in [1.29, 1.82) is 0 Å². The summed E-state index contributed by atoms with van der Waals surface area (Å²) in [4.78, 5) is 11.5. The molecular formula is C16H19F3N4O2. The monoisotopic (exact) mass is 356 g/mol. The van der Waals surface area contributed by atoms with Gasteiger partial charge in [0, 0.05) is 6.54 Å². The Labute approximate surface area is 143 Å². The van der Waals surface area contributed by atoms with E-state index >= 15 is 0 Å². The van der Waals surface area contributed by atoms with E-state index in [1.807, 2.05) is 13.8 Å². The van der Waals surface area contributed by atoms with E-state index in [2.05, 4.69) is 15.6 Å². The first-order chi connectivity index (χ1) is 11.8. The normalized spacial score (nSPS) is 11.6. The van der Waals surface area contributed by atoms with Crippen molar-refractivity contribution in [3.05, 3.63) is 47.3 Å². The van der Waals surface area contributed by atoms with Crippen molar-refractivity contribution < 1.29 is 22.7 Å². The van der Waals surface area contributed by atoms with E-state index in [-0.39, 0.29) is 18.7 Å². The van der Waals surface area contributed by atoms with Gasteiger partial charge in [0.1, 0.15) is 12.3 Å². The molecule has 136 valence electrons. The molecule has 1 N–H and O–H groups in total. The summed E-state index contributed by atoms with van der Waals surface area (Å²) in [5.74, 6) is 0.294. The molecule has 0 saturated carbocycles. The van der Waals surface area contributed by atoms with Crippen molar-refractivity contribution >= 4 is 6.09 Å². The third kappa shape index (κ3) is 5.77. The fourth-order valence-corrected chi connectivity index (χ4v) is 2.07. The van der Waals surface area contributed by atoms with Gasteiger partial charge in [-0.15, -0.1) is 5.10 Å². The maximum Gasteiger partial charge on any atom is 0.416 e. The fourth-order valence-electron chi connectivity index (χ4n) is 2.07. The number of benzene rings is 1.